The molecular weight excluding hydrogens is 294 g/mol. The molecule has 0 amide bonds. The van der Waals surface area contributed by atoms with Crippen LogP contribution >= 0.6 is 0 Å². The van der Waals surface area contributed by atoms with Crippen LogP contribution in [0.2, 0.25) is 0 Å². The minimum Gasteiger partial charge on any atom is -0.497 e. The zero-order valence-corrected chi connectivity index (χ0v) is 14.6. The summed E-state index contributed by atoms with van der Waals surface area (Å²) in [6.45, 7) is 5.12. The van der Waals surface area contributed by atoms with Crippen molar-refractivity contribution in [3.05, 3.63) is 23.8 Å². The zero-order valence-electron chi connectivity index (χ0n) is 14.6. The maximum Gasteiger partial charge on any atom is 0.190 e. The Labute approximate surface area is 139 Å². The third-order valence-electron chi connectivity index (χ3n) is 3.36. The molecule has 0 unspecified atom stereocenters. The first-order valence-electron chi connectivity index (χ1n) is 7.98. The lowest BCUT2D eigenvalue weighted by atomic mass is 10.1. The first-order chi connectivity index (χ1) is 11.2. The molecule has 2 N–H and O–H groups in total. The number of nitrogens with zero attached hydrogens (tertiary/aromatic N) is 1. The molecule has 0 radical (unpaired) electrons. The molecule has 6 heteroatoms. The Balaban J connectivity index is 2.39. The van der Waals surface area contributed by atoms with E-state index in [9.17, 15) is 0 Å². The van der Waals surface area contributed by atoms with E-state index in [2.05, 4.69) is 15.6 Å². The fourth-order valence-electron chi connectivity index (χ4n) is 2.14. The molecule has 0 aromatic heterocycles. The summed E-state index contributed by atoms with van der Waals surface area (Å²) in [5.74, 6) is 2.50. The molecule has 1 aromatic carbocycles. The van der Waals surface area contributed by atoms with Gasteiger partial charge in [0.05, 0.1) is 14.2 Å². The quantitative estimate of drug-likeness (QED) is 0.391. The van der Waals surface area contributed by atoms with Crippen LogP contribution in [0.1, 0.15) is 18.9 Å². The minimum absolute atomic E-state index is 0.759. The van der Waals surface area contributed by atoms with Crippen molar-refractivity contribution >= 4 is 5.96 Å². The number of rotatable bonds is 10. The SMILES string of the molecule is CCOCCCNC(=NC)NCCc1cc(OC)ccc1OC. The fourth-order valence-corrected chi connectivity index (χ4v) is 2.14. The highest BCUT2D eigenvalue weighted by Crippen LogP contribution is 2.23. The number of ether oxygens (including phenoxy) is 3. The van der Waals surface area contributed by atoms with Crippen LogP contribution < -0.4 is 20.1 Å². The second-order valence-electron chi connectivity index (χ2n) is 4.90. The number of nitrogens with one attached hydrogen (secondary N) is 2. The van der Waals surface area contributed by atoms with E-state index in [1.165, 1.54) is 0 Å². The van der Waals surface area contributed by atoms with Crippen LogP contribution in [-0.4, -0.2) is 53.5 Å². The third kappa shape index (κ3) is 7.23. The van der Waals surface area contributed by atoms with E-state index in [-0.39, 0.29) is 0 Å². The Morgan fingerprint density at radius 3 is 2.57 bits per heavy atom. The summed E-state index contributed by atoms with van der Waals surface area (Å²) in [6.07, 6.45) is 1.78. The van der Waals surface area contributed by atoms with Gasteiger partial charge in [0.2, 0.25) is 0 Å². The summed E-state index contributed by atoms with van der Waals surface area (Å²) >= 11 is 0. The van der Waals surface area contributed by atoms with Crippen molar-refractivity contribution in [1.29, 1.82) is 0 Å². The molecule has 0 aliphatic carbocycles. The number of hydrogen-bond donors (Lipinski definition) is 2. The predicted molar refractivity (Wildman–Crippen MR) is 93.7 cm³/mol. The third-order valence-corrected chi connectivity index (χ3v) is 3.36. The molecule has 0 fully saturated rings. The molecule has 0 saturated heterocycles. The van der Waals surface area contributed by atoms with Gasteiger partial charge in [0.1, 0.15) is 11.5 Å². The van der Waals surface area contributed by atoms with Gasteiger partial charge < -0.3 is 24.8 Å². The van der Waals surface area contributed by atoms with Gasteiger partial charge in [-0.05, 0) is 43.5 Å². The van der Waals surface area contributed by atoms with Gasteiger partial charge in [-0.2, -0.15) is 0 Å². The summed E-state index contributed by atoms with van der Waals surface area (Å²) < 4.78 is 16.0. The minimum atomic E-state index is 0.759. The first kappa shape index (κ1) is 19.1. The number of methoxy groups -OCH3 is 2. The number of benzene rings is 1. The Kier molecular flexibility index (Phi) is 9.63. The van der Waals surface area contributed by atoms with Crippen molar-refractivity contribution in [2.75, 3.05) is 47.6 Å². The van der Waals surface area contributed by atoms with Crippen LogP contribution in [0.15, 0.2) is 23.2 Å². The fraction of sp³-hybridized carbons (Fsp3) is 0.588. The molecular formula is C17H29N3O3. The van der Waals surface area contributed by atoms with Gasteiger partial charge >= 0.3 is 0 Å². The highest BCUT2D eigenvalue weighted by molar-refractivity contribution is 5.79. The molecule has 1 rings (SSSR count). The molecule has 6 nitrogen and oxygen atoms in total. The molecule has 23 heavy (non-hydrogen) atoms. The van der Waals surface area contributed by atoms with Crippen molar-refractivity contribution in [3.8, 4) is 11.5 Å². The highest BCUT2D eigenvalue weighted by Gasteiger charge is 2.05. The van der Waals surface area contributed by atoms with Crippen LogP contribution in [0.25, 0.3) is 0 Å². The van der Waals surface area contributed by atoms with Crippen molar-refractivity contribution in [2.45, 2.75) is 19.8 Å². The van der Waals surface area contributed by atoms with Gasteiger partial charge in [-0.3, -0.25) is 4.99 Å². The van der Waals surface area contributed by atoms with Crippen LogP contribution in [0, 0.1) is 0 Å². The Morgan fingerprint density at radius 2 is 1.91 bits per heavy atom. The topological polar surface area (TPSA) is 64.1 Å². The average molecular weight is 323 g/mol. The van der Waals surface area contributed by atoms with Crippen molar-refractivity contribution in [2.24, 2.45) is 4.99 Å². The number of hydrogen-bond acceptors (Lipinski definition) is 4. The second kappa shape index (κ2) is 11.6. The lowest BCUT2D eigenvalue weighted by molar-refractivity contribution is 0.145. The van der Waals surface area contributed by atoms with E-state index >= 15 is 0 Å². The smallest absolute Gasteiger partial charge is 0.190 e. The normalized spacial score (nSPS) is 11.2. The summed E-state index contributed by atoms with van der Waals surface area (Å²) in [7, 11) is 5.11. The predicted octanol–water partition coefficient (Wildman–Crippen LogP) is 1.84. The standard InChI is InChI=1S/C17H29N3O3/c1-5-23-12-6-10-19-17(18-2)20-11-9-14-13-15(21-3)7-8-16(14)22-4/h7-8,13H,5-6,9-12H2,1-4H3,(H2,18,19,20). The summed E-state index contributed by atoms with van der Waals surface area (Å²) in [6, 6.07) is 5.82. The summed E-state index contributed by atoms with van der Waals surface area (Å²) in [4.78, 5) is 4.21. The maximum atomic E-state index is 5.39. The van der Waals surface area contributed by atoms with Gasteiger partial charge in [-0.15, -0.1) is 0 Å². The monoisotopic (exact) mass is 323 g/mol. The Morgan fingerprint density at radius 1 is 1.13 bits per heavy atom. The van der Waals surface area contributed by atoms with Crippen molar-refractivity contribution in [3.63, 3.8) is 0 Å². The number of guanidine groups is 1. The van der Waals surface area contributed by atoms with Gasteiger partial charge in [-0.1, -0.05) is 0 Å². The van der Waals surface area contributed by atoms with E-state index in [1.807, 2.05) is 25.1 Å². The van der Waals surface area contributed by atoms with Gasteiger partial charge in [0.15, 0.2) is 5.96 Å². The lowest BCUT2D eigenvalue weighted by Crippen LogP contribution is -2.39. The van der Waals surface area contributed by atoms with Crippen LogP contribution in [0.3, 0.4) is 0 Å². The van der Waals surface area contributed by atoms with Crippen LogP contribution in [0.4, 0.5) is 0 Å². The van der Waals surface area contributed by atoms with Crippen LogP contribution in [-0.2, 0) is 11.2 Å². The Hall–Kier alpha value is -1.95. The van der Waals surface area contributed by atoms with Crippen molar-refractivity contribution < 1.29 is 14.2 Å². The van der Waals surface area contributed by atoms with E-state index in [0.717, 1.165) is 62.2 Å². The maximum absolute atomic E-state index is 5.39. The largest absolute Gasteiger partial charge is 0.497 e. The Bertz CT molecular complexity index is 478. The van der Waals surface area contributed by atoms with E-state index < -0.39 is 0 Å². The second-order valence-corrected chi connectivity index (χ2v) is 4.90. The molecule has 0 bridgehead atoms. The molecule has 0 atom stereocenters. The first-order valence-corrected chi connectivity index (χ1v) is 7.98. The molecule has 0 heterocycles. The van der Waals surface area contributed by atoms with E-state index in [1.54, 1.807) is 21.3 Å². The molecule has 1 aromatic rings. The number of aliphatic imine (C=N–C) groups is 1. The van der Waals surface area contributed by atoms with Gasteiger partial charge in [0.25, 0.3) is 0 Å². The highest BCUT2D eigenvalue weighted by atomic mass is 16.5. The molecule has 0 saturated carbocycles. The van der Waals surface area contributed by atoms with Crippen molar-refractivity contribution in [1.82, 2.24) is 10.6 Å². The average Bonchev–Trinajstić information content (AvgIpc) is 2.59. The molecule has 0 spiro atoms. The lowest BCUT2D eigenvalue weighted by Gasteiger charge is -2.14. The molecule has 130 valence electrons. The van der Waals surface area contributed by atoms with E-state index in [4.69, 9.17) is 14.2 Å². The summed E-state index contributed by atoms with van der Waals surface area (Å²) in [5.41, 5.74) is 1.10. The van der Waals surface area contributed by atoms with Gasteiger partial charge in [0, 0.05) is 33.4 Å². The van der Waals surface area contributed by atoms with E-state index in [0.29, 0.717) is 0 Å². The van der Waals surface area contributed by atoms with Crippen LogP contribution in [0.5, 0.6) is 11.5 Å². The summed E-state index contributed by atoms with van der Waals surface area (Å²) in [5, 5.41) is 6.57. The van der Waals surface area contributed by atoms with Gasteiger partial charge in [-0.25, -0.2) is 0 Å². The zero-order chi connectivity index (χ0) is 16.9. The molecule has 0 aliphatic rings. The molecule has 0 aliphatic heterocycles.